The SMILES string of the molecule is CCC(Nc1ncnc2sc(C)c(C)c12)C(C)C. The molecule has 0 saturated heterocycles. The molecule has 0 aromatic carbocycles. The van der Waals surface area contributed by atoms with Gasteiger partial charge in [0.1, 0.15) is 17.0 Å². The number of aryl methyl sites for hydroxylation is 2. The fraction of sp³-hybridized carbons (Fsp3) is 0.571. The van der Waals surface area contributed by atoms with Crippen LogP contribution in [0.5, 0.6) is 0 Å². The standard InChI is InChI=1S/C14H21N3S/c1-6-11(8(2)3)17-13-12-9(4)10(5)18-14(12)16-7-15-13/h7-8,11H,6H2,1-5H3,(H,15,16,17). The molecule has 1 unspecified atom stereocenters. The minimum absolute atomic E-state index is 0.461. The summed E-state index contributed by atoms with van der Waals surface area (Å²) in [5.74, 6) is 1.59. The lowest BCUT2D eigenvalue weighted by molar-refractivity contribution is 0.510. The van der Waals surface area contributed by atoms with E-state index in [1.54, 1.807) is 17.7 Å². The molecule has 2 aromatic rings. The van der Waals surface area contributed by atoms with Crippen LogP contribution in [0.1, 0.15) is 37.6 Å². The van der Waals surface area contributed by atoms with E-state index in [2.05, 4.69) is 49.9 Å². The Labute approximate surface area is 113 Å². The number of nitrogens with zero attached hydrogens (tertiary/aromatic N) is 2. The molecule has 98 valence electrons. The van der Waals surface area contributed by atoms with Crippen LogP contribution >= 0.6 is 11.3 Å². The molecule has 0 bridgehead atoms. The van der Waals surface area contributed by atoms with Crippen molar-refractivity contribution in [1.29, 1.82) is 0 Å². The van der Waals surface area contributed by atoms with Crippen molar-refractivity contribution in [2.24, 2.45) is 5.92 Å². The van der Waals surface area contributed by atoms with E-state index in [0.717, 1.165) is 17.1 Å². The van der Waals surface area contributed by atoms with Gasteiger partial charge in [-0.15, -0.1) is 11.3 Å². The van der Waals surface area contributed by atoms with Crippen LogP contribution in [0, 0.1) is 19.8 Å². The van der Waals surface area contributed by atoms with E-state index < -0.39 is 0 Å². The molecule has 0 aliphatic carbocycles. The van der Waals surface area contributed by atoms with Crippen molar-refractivity contribution in [2.45, 2.75) is 47.1 Å². The van der Waals surface area contributed by atoms with Gasteiger partial charge in [0.25, 0.3) is 0 Å². The van der Waals surface area contributed by atoms with Crippen LogP contribution in [0.2, 0.25) is 0 Å². The third kappa shape index (κ3) is 2.34. The highest BCUT2D eigenvalue weighted by molar-refractivity contribution is 7.18. The van der Waals surface area contributed by atoms with Gasteiger partial charge in [-0.1, -0.05) is 20.8 Å². The van der Waals surface area contributed by atoms with Crippen LogP contribution in [0.3, 0.4) is 0 Å². The number of nitrogens with one attached hydrogen (secondary N) is 1. The maximum absolute atomic E-state index is 4.44. The molecule has 2 heterocycles. The lowest BCUT2D eigenvalue weighted by atomic mass is 10.0. The number of fused-ring (bicyclic) bond motifs is 1. The Bertz CT molecular complexity index is 545. The fourth-order valence-electron chi connectivity index (χ4n) is 2.21. The van der Waals surface area contributed by atoms with Gasteiger partial charge in [0.15, 0.2) is 0 Å². The van der Waals surface area contributed by atoms with Gasteiger partial charge in [0.05, 0.1) is 5.39 Å². The van der Waals surface area contributed by atoms with Gasteiger partial charge >= 0.3 is 0 Å². The molecule has 0 spiro atoms. The molecular weight excluding hydrogens is 242 g/mol. The summed E-state index contributed by atoms with van der Waals surface area (Å²) < 4.78 is 0. The van der Waals surface area contributed by atoms with Crippen molar-refractivity contribution in [2.75, 3.05) is 5.32 Å². The molecule has 0 aliphatic heterocycles. The molecule has 3 nitrogen and oxygen atoms in total. The summed E-state index contributed by atoms with van der Waals surface area (Å²) in [6, 6.07) is 0.461. The molecule has 0 radical (unpaired) electrons. The smallest absolute Gasteiger partial charge is 0.138 e. The number of aromatic nitrogens is 2. The molecule has 0 amide bonds. The topological polar surface area (TPSA) is 37.8 Å². The molecular formula is C14H21N3S. The van der Waals surface area contributed by atoms with Gasteiger partial charge < -0.3 is 5.32 Å². The zero-order valence-corrected chi connectivity index (χ0v) is 12.6. The first-order valence-electron chi connectivity index (χ1n) is 6.51. The van der Waals surface area contributed by atoms with E-state index >= 15 is 0 Å². The molecule has 1 N–H and O–H groups in total. The first-order chi connectivity index (χ1) is 8.54. The second-order valence-corrected chi connectivity index (χ2v) is 6.29. The lowest BCUT2D eigenvalue weighted by Gasteiger charge is -2.21. The maximum atomic E-state index is 4.44. The van der Waals surface area contributed by atoms with Crippen LogP contribution in [0.4, 0.5) is 5.82 Å². The van der Waals surface area contributed by atoms with E-state index in [9.17, 15) is 0 Å². The third-order valence-corrected chi connectivity index (χ3v) is 4.65. The molecule has 0 saturated carbocycles. The van der Waals surface area contributed by atoms with Gasteiger partial charge in [-0.3, -0.25) is 0 Å². The quantitative estimate of drug-likeness (QED) is 0.900. The molecule has 2 rings (SSSR count). The zero-order chi connectivity index (χ0) is 13.3. The molecule has 0 aliphatic rings. The largest absolute Gasteiger partial charge is 0.366 e. The summed E-state index contributed by atoms with van der Waals surface area (Å²) in [6.07, 6.45) is 2.76. The van der Waals surface area contributed by atoms with Crippen molar-refractivity contribution in [1.82, 2.24) is 9.97 Å². The molecule has 4 heteroatoms. The van der Waals surface area contributed by atoms with Crippen molar-refractivity contribution in [3.8, 4) is 0 Å². The predicted octanol–water partition coefficient (Wildman–Crippen LogP) is 4.15. The Morgan fingerprint density at radius 1 is 1.28 bits per heavy atom. The Hall–Kier alpha value is -1.16. The van der Waals surface area contributed by atoms with E-state index in [4.69, 9.17) is 0 Å². The normalized spacial score (nSPS) is 13.2. The van der Waals surface area contributed by atoms with E-state index in [1.807, 2.05) is 0 Å². The number of anilines is 1. The van der Waals surface area contributed by atoms with Crippen LogP contribution in [0.15, 0.2) is 6.33 Å². The number of hydrogen-bond donors (Lipinski definition) is 1. The van der Waals surface area contributed by atoms with Crippen LogP contribution in [-0.4, -0.2) is 16.0 Å². The summed E-state index contributed by atoms with van der Waals surface area (Å²) in [4.78, 5) is 11.2. The van der Waals surface area contributed by atoms with Gasteiger partial charge in [-0.05, 0) is 31.7 Å². The second kappa shape index (κ2) is 5.22. The van der Waals surface area contributed by atoms with Crippen molar-refractivity contribution < 1.29 is 0 Å². The van der Waals surface area contributed by atoms with Gasteiger partial charge in [0, 0.05) is 10.9 Å². The summed E-state index contributed by atoms with van der Waals surface area (Å²) >= 11 is 1.74. The highest BCUT2D eigenvalue weighted by atomic mass is 32.1. The van der Waals surface area contributed by atoms with E-state index in [1.165, 1.54) is 15.8 Å². The van der Waals surface area contributed by atoms with Crippen LogP contribution in [-0.2, 0) is 0 Å². The average Bonchev–Trinajstić information content (AvgIpc) is 2.62. The Morgan fingerprint density at radius 2 is 2.00 bits per heavy atom. The van der Waals surface area contributed by atoms with Crippen LogP contribution in [0.25, 0.3) is 10.2 Å². The Morgan fingerprint density at radius 3 is 2.61 bits per heavy atom. The van der Waals surface area contributed by atoms with E-state index in [0.29, 0.717) is 12.0 Å². The number of rotatable bonds is 4. The number of thiophene rings is 1. The molecule has 1 atom stereocenters. The highest BCUT2D eigenvalue weighted by Crippen LogP contribution is 2.33. The van der Waals surface area contributed by atoms with Crippen molar-refractivity contribution in [3.05, 3.63) is 16.8 Å². The minimum Gasteiger partial charge on any atom is -0.366 e. The lowest BCUT2D eigenvalue weighted by Crippen LogP contribution is -2.25. The first kappa shape index (κ1) is 13.3. The predicted molar refractivity (Wildman–Crippen MR) is 79.4 cm³/mol. The number of hydrogen-bond acceptors (Lipinski definition) is 4. The fourth-order valence-corrected chi connectivity index (χ4v) is 3.20. The summed E-state index contributed by atoms with van der Waals surface area (Å²) in [7, 11) is 0. The molecule has 18 heavy (non-hydrogen) atoms. The van der Waals surface area contributed by atoms with Crippen LogP contribution < -0.4 is 5.32 Å². The maximum Gasteiger partial charge on any atom is 0.138 e. The first-order valence-corrected chi connectivity index (χ1v) is 7.33. The highest BCUT2D eigenvalue weighted by Gasteiger charge is 2.16. The zero-order valence-electron chi connectivity index (χ0n) is 11.7. The Balaban J connectivity index is 2.44. The molecule has 0 fully saturated rings. The summed E-state index contributed by atoms with van der Waals surface area (Å²) in [5, 5.41) is 4.77. The average molecular weight is 263 g/mol. The van der Waals surface area contributed by atoms with Crippen molar-refractivity contribution in [3.63, 3.8) is 0 Å². The van der Waals surface area contributed by atoms with E-state index in [-0.39, 0.29) is 0 Å². The van der Waals surface area contributed by atoms with Crippen molar-refractivity contribution >= 4 is 27.4 Å². The summed E-state index contributed by atoms with van der Waals surface area (Å²) in [5.41, 5.74) is 1.30. The monoisotopic (exact) mass is 263 g/mol. The Kier molecular flexibility index (Phi) is 3.85. The van der Waals surface area contributed by atoms with Gasteiger partial charge in [-0.25, -0.2) is 9.97 Å². The second-order valence-electron chi connectivity index (χ2n) is 5.09. The summed E-state index contributed by atoms with van der Waals surface area (Å²) in [6.45, 7) is 11.0. The molecule has 2 aromatic heterocycles. The minimum atomic E-state index is 0.461. The van der Waals surface area contributed by atoms with Gasteiger partial charge in [-0.2, -0.15) is 0 Å². The van der Waals surface area contributed by atoms with Gasteiger partial charge in [0.2, 0.25) is 0 Å². The third-order valence-electron chi connectivity index (χ3n) is 3.53.